The lowest BCUT2D eigenvalue weighted by Crippen LogP contribution is -2.37. The van der Waals surface area contributed by atoms with Crippen molar-refractivity contribution in [2.45, 2.75) is 77.2 Å². The molecule has 0 heterocycles. The van der Waals surface area contributed by atoms with Crippen molar-refractivity contribution in [3.05, 3.63) is 0 Å². The largest absolute Gasteiger partial charge is 0.466 e. The number of rotatable bonds is 5. The molecule has 0 aromatic carbocycles. The first-order valence-corrected chi connectivity index (χ1v) is 8.69. The Morgan fingerprint density at radius 2 is 1.65 bits per heavy atom. The van der Waals surface area contributed by atoms with Crippen LogP contribution in [0.4, 0.5) is 0 Å². The highest BCUT2D eigenvalue weighted by atomic mass is 16.5. The molecule has 0 aliphatic heterocycles. The molecule has 0 aromatic heterocycles. The van der Waals surface area contributed by atoms with Crippen molar-refractivity contribution < 1.29 is 9.53 Å². The summed E-state index contributed by atoms with van der Waals surface area (Å²) in [7, 11) is 0. The van der Waals surface area contributed by atoms with Gasteiger partial charge in [-0.25, -0.2) is 0 Å². The lowest BCUT2D eigenvalue weighted by atomic mass is 9.85. The van der Waals surface area contributed by atoms with Crippen molar-refractivity contribution in [3.63, 3.8) is 0 Å². The van der Waals surface area contributed by atoms with Gasteiger partial charge in [0.1, 0.15) is 0 Å². The van der Waals surface area contributed by atoms with E-state index in [0.29, 0.717) is 12.6 Å². The zero-order valence-electron chi connectivity index (χ0n) is 13.0. The highest BCUT2D eigenvalue weighted by Crippen LogP contribution is 2.27. The van der Waals surface area contributed by atoms with E-state index in [1.54, 1.807) is 0 Å². The first-order chi connectivity index (χ1) is 9.79. The number of carbonyl (C=O) groups excluding carboxylic acids is 1. The Morgan fingerprint density at radius 1 is 1.00 bits per heavy atom. The first kappa shape index (κ1) is 15.8. The van der Waals surface area contributed by atoms with Gasteiger partial charge in [-0.1, -0.05) is 25.7 Å². The van der Waals surface area contributed by atoms with E-state index in [1.807, 2.05) is 6.92 Å². The molecule has 0 amide bonds. The van der Waals surface area contributed by atoms with Crippen LogP contribution in [-0.2, 0) is 9.53 Å². The van der Waals surface area contributed by atoms with Crippen LogP contribution >= 0.6 is 0 Å². The topological polar surface area (TPSA) is 38.3 Å². The van der Waals surface area contributed by atoms with Gasteiger partial charge in [0.15, 0.2) is 0 Å². The monoisotopic (exact) mass is 281 g/mol. The Labute approximate surface area is 123 Å². The Kier molecular flexibility index (Phi) is 6.85. The fourth-order valence-electron chi connectivity index (χ4n) is 3.69. The van der Waals surface area contributed by atoms with E-state index < -0.39 is 0 Å². The number of hydrogen-bond donors (Lipinski definition) is 1. The summed E-state index contributed by atoms with van der Waals surface area (Å²) in [5, 5.41) is 3.76. The average molecular weight is 281 g/mol. The number of ether oxygens (including phenoxy) is 1. The maximum atomic E-state index is 11.7. The zero-order chi connectivity index (χ0) is 14.2. The van der Waals surface area contributed by atoms with E-state index in [9.17, 15) is 4.79 Å². The Morgan fingerprint density at radius 3 is 2.25 bits per heavy atom. The summed E-state index contributed by atoms with van der Waals surface area (Å²) in [5.41, 5.74) is 0. The fraction of sp³-hybridized carbons (Fsp3) is 0.941. The maximum absolute atomic E-state index is 11.7. The van der Waals surface area contributed by atoms with Gasteiger partial charge in [0, 0.05) is 6.04 Å². The van der Waals surface area contributed by atoms with Gasteiger partial charge in [-0.2, -0.15) is 0 Å². The normalized spacial score (nSPS) is 28.9. The number of nitrogens with one attached hydrogen (secondary N) is 1. The van der Waals surface area contributed by atoms with Crippen molar-refractivity contribution in [1.82, 2.24) is 5.32 Å². The predicted molar refractivity (Wildman–Crippen MR) is 81.6 cm³/mol. The lowest BCUT2D eigenvalue weighted by molar-refractivity contribution is -0.149. The summed E-state index contributed by atoms with van der Waals surface area (Å²) in [6, 6.07) is 0.629. The van der Waals surface area contributed by atoms with E-state index in [2.05, 4.69) is 5.32 Å². The summed E-state index contributed by atoms with van der Waals surface area (Å²) in [6.07, 6.45) is 12.8. The Bertz CT molecular complexity index is 277. The molecule has 0 bridgehead atoms. The van der Waals surface area contributed by atoms with Crippen LogP contribution in [0.3, 0.4) is 0 Å². The van der Waals surface area contributed by atoms with Gasteiger partial charge in [-0.15, -0.1) is 0 Å². The Balaban J connectivity index is 1.62. The molecule has 2 saturated carbocycles. The smallest absolute Gasteiger partial charge is 0.308 e. The molecule has 0 unspecified atom stereocenters. The fourth-order valence-corrected chi connectivity index (χ4v) is 3.69. The minimum atomic E-state index is 0.0229. The molecule has 116 valence electrons. The lowest BCUT2D eigenvalue weighted by Gasteiger charge is -2.29. The second kappa shape index (κ2) is 8.66. The summed E-state index contributed by atoms with van der Waals surface area (Å²) in [5.74, 6) is 1.07. The van der Waals surface area contributed by atoms with E-state index >= 15 is 0 Å². The molecule has 2 aliphatic carbocycles. The van der Waals surface area contributed by atoms with Crippen LogP contribution in [0.1, 0.15) is 71.1 Å². The third kappa shape index (κ3) is 5.08. The molecular weight excluding hydrogens is 250 g/mol. The third-order valence-corrected chi connectivity index (χ3v) is 5.02. The van der Waals surface area contributed by atoms with Crippen LogP contribution in [0.2, 0.25) is 0 Å². The minimum absolute atomic E-state index is 0.0229. The van der Waals surface area contributed by atoms with Gasteiger partial charge < -0.3 is 10.1 Å². The highest BCUT2D eigenvalue weighted by molar-refractivity contribution is 5.72. The average Bonchev–Trinajstić information content (AvgIpc) is 2.74. The summed E-state index contributed by atoms with van der Waals surface area (Å²) in [4.78, 5) is 11.7. The van der Waals surface area contributed by atoms with Crippen molar-refractivity contribution in [2.75, 3.05) is 13.2 Å². The standard InChI is InChI=1S/C17H31NO2/c1-2-20-17(19)15-9-11-16(12-10-15)18-13-14-7-5-3-4-6-8-14/h14-16,18H,2-13H2,1H3. The van der Waals surface area contributed by atoms with E-state index in [0.717, 1.165) is 31.6 Å². The molecule has 3 nitrogen and oxygen atoms in total. The molecule has 2 fully saturated rings. The van der Waals surface area contributed by atoms with Crippen molar-refractivity contribution in [1.29, 1.82) is 0 Å². The number of hydrogen-bond acceptors (Lipinski definition) is 3. The van der Waals surface area contributed by atoms with Gasteiger partial charge in [0.2, 0.25) is 0 Å². The maximum Gasteiger partial charge on any atom is 0.308 e. The molecule has 0 spiro atoms. The second-order valence-electron chi connectivity index (χ2n) is 6.57. The van der Waals surface area contributed by atoms with Gasteiger partial charge in [-0.05, 0) is 57.9 Å². The third-order valence-electron chi connectivity index (χ3n) is 5.02. The van der Waals surface area contributed by atoms with Crippen LogP contribution in [0, 0.1) is 11.8 Å². The molecular formula is C17H31NO2. The SMILES string of the molecule is CCOC(=O)C1CCC(NCC2CCCCCC2)CC1. The van der Waals surface area contributed by atoms with Gasteiger partial charge in [0.25, 0.3) is 0 Å². The predicted octanol–water partition coefficient (Wildman–Crippen LogP) is 3.67. The minimum Gasteiger partial charge on any atom is -0.466 e. The number of carbonyl (C=O) groups is 1. The molecule has 20 heavy (non-hydrogen) atoms. The Hall–Kier alpha value is -0.570. The van der Waals surface area contributed by atoms with E-state index in [1.165, 1.54) is 45.1 Å². The number of esters is 1. The van der Waals surface area contributed by atoms with Crippen LogP contribution < -0.4 is 5.32 Å². The first-order valence-electron chi connectivity index (χ1n) is 8.69. The van der Waals surface area contributed by atoms with Crippen molar-refractivity contribution in [3.8, 4) is 0 Å². The summed E-state index contributed by atoms with van der Waals surface area (Å²) >= 11 is 0. The second-order valence-corrected chi connectivity index (χ2v) is 6.57. The molecule has 0 saturated heterocycles. The quantitative estimate of drug-likeness (QED) is 0.617. The van der Waals surface area contributed by atoms with Crippen molar-refractivity contribution >= 4 is 5.97 Å². The van der Waals surface area contributed by atoms with Crippen LogP contribution in [-0.4, -0.2) is 25.2 Å². The highest BCUT2D eigenvalue weighted by Gasteiger charge is 2.27. The molecule has 0 aromatic rings. The van der Waals surface area contributed by atoms with E-state index in [-0.39, 0.29) is 11.9 Å². The van der Waals surface area contributed by atoms with Gasteiger partial charge >= 0.3 is 5.97 Å². The zero-order valence-corrected chi connectivity index (χ0v) is 13.0. The molecule has 0 radical (unpaired) electrons. The van der Waals surface area contributed by atoms with Crippen LogP contribution in [0.25, 0.3) is 0 Å². The summed E-state index contributed by atoms with van der Waals surface area (Å²) < 4.78 is 5.13. The van der Waals surface area contributed by atoms with Gasteiger partial charge in [0.05, 0.1) is 12.5 Å². The van der Waals surface area contributed by atoms with Crippen molar-refractivity contribution in [2.24, 2.45) is 11.8 Å². The molecule has 1 N–H and O–H groups in total. The molecule has 2 rings (SSSR count). The molecule has 3 heteroatoms. The van der Waals surface area contributed by atoms with Crippen LogP contribution in [0.15, 0.2) is 0 Å². The molecule has 2 aliphatic rings. The van der Waals surface area contributed by atoms with Crippen LogP contribution in [0.5, 0.6) is 0 Å². The van der Waals surface area contributed by atoms with E-state index in [4.69, 9.17) is 4.74 Å². The molecule has 0 atom stereocenters. The van der Waals surface area contributed by atoms with Gasteiger partial charge in [-0.3, -0.25) is 4.79 Å². The summed E-state index contributed by atoms with van der Waals surface area (Å²) in [6.45, 7) is 3.59.